The number of rotatable bonds is 2. The van der Waals surface area contributed by atoms with Crippen molar-refractivity contribution in [2.45, 2.75) is 26.3 Å². The maximum Gasteiger partial charge on any atom is 0.240 e. The van der Waals surface area contributed by atoms with E-state index in [0.717, 1.165) is 23.3 Å². The maximum absolute atomic E-state index is 11.9. The van der Waals surface area contributed by atoms with Crippen molar-refractivity contribution in [3.8, 4) is 0 Å². The van der Waals surface area contributed by atoms with Crippen LogP contribution in [-0.4, -0.2) is 16.6 Å². The Morgan fingerprint density at radius 1 is 1.10 bits per heavy atom. The first-order chi connectivity index (χ1) is 10.1. The second-order valence-corrected chi connectivity index (χ2v) is 5.41. The maximum atomic E-state index is 11.9. The molecule has 0 aromatic heterocycles. The number of nitrogens with zero attached hydrogens (tertiary/aromatic N) is 2. The van der Waals surface area contributed by atoms with Gasteiger partial charge in [-0.3, -0.25) is 4.79 Å². The van der Waals surface area contributed by atoms with Crippen molar-refractivity contribution in [3.63, 3.8) is 0 Å². The van der Waals surface area contributed by atoms with Crippen LogP contribution >= 0.6 is 0 Å². The standard InChI is InChI=1S/C18H18N2O/c1-13-8-10-15(11-9-13)17-12-18(20(19-17)14(2)21)16-6-4-3-5-7-16/h3-11,18H,12H2,1-2H3. The van der Waals surface area contributed by atoms with Crippen molar-refractivity contribution in [2.24, 2.45) is 5.10 Å². The fraction of sp³-hybridized carbons (Fsp3) is 0.222. The van der Waals surface area contributed by atoms with Crippen molar-refractivity contribution in [3.05, 3.63) is 71.3 Å². The first-order valence-corrected chi connectivity index (χ1v) is 7.14. The van der Waals surface area contributed by atoms with Crippen LogP contribution in [0.2, 0.25) is 0 Å². The summed E-state index contributed by atoms with van der Waals surface area (Å²) in [5.41, 5.74) is 4.41. The van der Waals surface area contributed by atoms with Crippen LogP contribution in [0.5, 0.6) is 0 Å². The molecule has 1 atom stereocenters. The SMILES string of the molecule is CC(=O)N1N=C(c2ccc(C)cc2)CC1c1ccccc1. The zero-order valence-corrected chi connectivity index (χ0v) is 12.3. The Bertz CT molecular complexity index is 674. The molecule has 3 nitrogen and oxygen atoms in total. The van der Waals surface area contributed by atoms with Crippen molar-refractivity contribution in [1.82, 2.24) is 5.01 Å². The number of benzene rings is 2. The molecule has 1 heterocycles. The fourth-order valence-electron chi connectivity index (χ4n) is 2.66. The number of carbonyl (C=O) groups is 1. The average molecular weight is 278 g/mol. The zero-order chi connectivity index (χ0) is 14.8. The van der Waals surface area contributed by atoms with Crippen LogP contribution in [0, 0.1) is 6.92 Å². The summed E-state index contributed by atoms with van der Waals surface area (Å²) in [6, 6.07) is 18.4. The lowest BCUT2D eigenvalue weighted by Crippen LogP contribution is -2.24. The summed E-state index contributed by atoms with van der Waals surface area (Å²) in [4.78, 5) is 11.9. The van der Waals surface area contributed by atoms with Crippen LogP contribution in [0.15, 0.2) is 59.7 Å². The smallest absolute Gasteiger partial charge is 0.240 e. The highest BCUT2D eigenvalue weighted by molar-refractivity contribution is 6.03. The van der Waals surface area contributed by atoms with Gasteiger partial charge < -0.3 is 0 Å². The van der Waals surface area contributed by atoms with E-state index in [4.69, 9.17) is 0 Å². The zero-order valence-electron chi connectivity index (χ0n) is 12.3. The molecule has 0 bridgehead atoms. The van der Waals surface area contributed by atoms with Gasteiger partial charge in [-0.25, -0.2) is 5.01 Å². The molecule has 106 valence electrons. The lowest BCUT2D eigenvalue weighted by Gasteiger charge is -2.20. The molecule has 1 aliphatic rings. The molecule has 2 aromatic carbocycles. The molecule has 1 aliphatic heterocycles. The van der Waals surface area contributed by atoms with Crippen LogP contribution in [0.4, 0.5) is 0 Å². The molecule has 0 saturated carbocycles. The van der Waals surface area contributed by atoms with Gasteiger partial charge in [0, 0.05) is 13.3 Å². The number of amides is 1. The van der Waals surface area contributed by atoms with Crippen molar-refractivity contribution in [2.75, 3.05) is 0 Å². The van der Waals surface area contributed by atoms with Gasteiger partial charge in [0.05, 0.1) is 11.8 Å². The van der Waals surface area contributed by atoms with E-state index >= 15 is 0 Å². The number of hydrogen-bond acceptors (Lipinski definition) is 2. The molecule has 0 N–H and O–H groups in total. The van der Waals surface area contributed by atoms with Crippen LogP contribution in [0.3, 0.4) is 0 Å². The molecule has 0 aliphatic carbocycles. The molecule has 0 fully saturated rings. The van der Waals surface area contributed by atoms with Crippen LogP contribution in [0.1, 0.15) is 36.1 Å². The summed E-state index contributed by atoms with van der Waals surface area (Å²) >= 11 is 0. The van der Waals surface area contributed by atoms with E-state index in [1.165, 1.54) is 5.56 Å². The Morgan fingerprint density at radius 3 is 2.38 bits per heavy atom. The second-order valence-electron chi connectivity index (χ2n) is 5.41. The molecule has 0 spiro atoms. The van der Waals surface area contributed by atoms with Gasteiger partial charge >= 0.3 is 0 Å². The average Bonchev–Trinajstić information content (AvgIpc) is 2.94. The van der Waals surface area contributed by atoms with Gasteiger partial charge in [-0.2, -0.15) is 5.10 Å². The third kappa shape index (κ3) is 2.72. The Kier molecular flexibility index (Phi) is 3.57. The number of hydrazone groups is 1. The Labute approximate surface area is 124 Å². The van der Waals surface area contributed by atoms with E-state index in [9.17, 15) is 4.79 Å². The van der Waals surface area contributed by atoms with Gasteiger partial charge in [0.25, 0.3) is 0 Å². The molecule has 1 unspecified atom stereocenters. The van der Waals surface area contributed by atoms with Gasteiger partial charge in [-0.15, -0.1) is 0 Å². The van der Waals surface area contributed by atoms with Crippen molar-refractivity contribution in [1.29, 1.82) is 0 Å². The van der Waals surface area contributed by atoms with E-state index in [1.54, 1.807) is 11.9 Å². The van der Waals surface area contributed by atoms with Crippen LogP contribution in [-0.2, 0) is 4.79 Å². The molecule has 0 saturated heterocycles. The predicted octanol–water partition coefficient (Wildman–Crippen LogP) is 3.69. The molecule has 0 radical (unpaired) electrons. The van der Waals surface area contributed by atoms with Gasteiger partial charge in [-0.05, 0) is 18.1 Å². The third-order valence-corrected chi connectivity index (χ3v) is 3.80. The summed E-state index contributed by atoms with van der Waals surface area (Å²) in [6.45, 7) is 3.63. The number of hydrogen-bond donors (Lipinski definition) is 0. The Hall–Kier alpha value is -2.42. The first kappa shape index (κ1) is 13.6. The largest absolute Gasteiger partial charge is 0.273 e. The lowest BCUT2D eigenvalue weighted by molar-refractivity contribution is -0.130. The summed E-state index contributed by atoms with van der Waals surface area (Å²) in [5, 5.41) is 6.15. The molecule has 3 heteroatoms. The summed E-state index contributed by atoms with van der Waals surface area (Å²) in [7, 11) is 0. The predicted molar refractivity (Wildman–Crippen MR) is 84.0 cm³/mol. The van der Waals surface area contributed by atoms with Crippen molar-refractivity contribution < 1.29 is 4.79 Å². The first-order valence-electron chi connectivity index (χ1n) is 7.14. The highest BCUT2D eigenvalue weighted by atomic mass is 16.2. The van der Waals surface area contributed by atoms with Gasteiger partial charge in [0.2, 0.25) is 5.91 Å². The number of carbonyl (C=O) groups excluding carboxylic acids is 1. The van der Waals surface area contributed by atoms with Crippen LogP contribution in [0.25, 0.3) is 0 Å². The van der Waals surface area contributed by atoms with E-state index in [2.05, 4.69) is 36.3 Å². The lowest BCUT2D eigenvalue weighted by atomic mass is 9.98. The van der Waals surface area contributed by atoms with Gasteiger partial charge in [0.15, 0.2) is 0 Å². The fourth-order valence-corrected chi connectivity index (χ4v) is 2.66. The topological polar surface area (TPSA) is 32.7 Å². The number of aryl methyl sites for hydroxylation is 1. The monoisotopic (exact) mass is 278 g/mol. The molecular weight excluding hydrogens is 260 g/mol. The quantitative estimate of drug-likeness (QED) is 0.824. The summed E-state index contributed by atoms with van der Waals surface area (Å²) in [6.07, 6.45) is 0.757. The van der Waals surface area contributed by atoms with E-state index in [-0.39, 0.29) is 11.9 Å². The van der Waals surface area contributed by atoms with E-state index in [0.29, 0.717) is 0 Å². The third-order valence-electron chi connectivity index (χ3n) is 3.80. The minimum Gasteiger partial charge on any atom is -0.273 e. The van der Waals surface area contributed by atoms with Crippen LogP contribution < -0.4 is 0 Å². The molecule has 3 rings (SSSR count). The highest BCUT2D eigenvalue weighted by Crippen LogP contribution is 2.32. The second kappa shape index (κ2) is 5.52. The van der Waals surface area contributed by atoms with E-state index in [1.807, 2.05) is 30.3 Å². The van der Waals surface area contributed by atoms with E-state index < -0.39 is 0 Å². The minimum absolute atomic E-state index is 0.00000283. The summed E-state index contributed by atoms with van der Waals surface area (Å²) < 4.78 is 0. The normalized spacial score (nSPS) is 17.7. The molecule has 21 heavy (non-hydrogen) atoms. The Balaban J connectivity index is 1.93. The Morgan fingerprint density at radius 2 is 1.76 bits per heavy atom. The van der Waals surface area contributed by atoms with Gasteiger partial charge in [-0.1, -0.05) is 60.2 Å². The summed E-state index contributed by atoms with van der Waals surface area (Å²) in [5.74, 6) is -0.0223. The molecule has 1 amide bonds. The molecule has 2 aromatic rings. The van der Waals surface area contributed by atoms with Crippen molar-refractivity contribution >= 4 is 11.6 Å². The molecular formula is C18H18N2O. The van der Waals surface area contributed by atoms with Gasteiger partial charge in [0.1, 0.15) is 0 Å². The highest BCUT2D eigenvalue weighted by Gasteiger charge is 2.30. The minimum atomic E-state index is -0.0223.